The number of carboxylic acids is 1. The Balaban J connectivity index is 0.000000189. The van der Waals surface area contributed by atoms with Crippen LogP contribution in [0.1, 0.15) is 48.6 Å². The normalized spacial score (nSPS) is 26.4. The van der Waals surface area contributed by atoms with Crippen molar-refractivity contribution in [1.29, 1.82) is 0 Å². The molecule has 0 saturated carbocycles. The summed E-state index contributed by atoms with van der Waals surface area (Å²) in [5, 5.41) is 23.9. The summed E-state index contributed by atoms with van der Waals surface area (Å²) in [7, 11) is 5.48. The monoisotopic (exact) mass is 712 g/mol. The van der Waals surface area contributed by atoms with Crippen LogP contribution in [0.5, 0.6) is 0 Å². The molecule has 2 saturated heterocycles. The Labute approximate surface area is 296 Å². The molecule has 1 aromatic carbocycles. The number of halogens is 1. The van der Waals surface area contributed by atoms with Crippen molar-refractivity contribution in [2.75, 3.05) is 20.6 Å². The lowest BCUT2D eigenvalue weighted by Gasteiger charge is -2.46. The molecular formula is C35H45ClN6O6S. The van der Waals surface area contributed by atoms with Crippen molar-refractivity contribution >= 4 is 58.6 Å². The number of benzene rings is 1. The molecule has 0 spiro atoms. The summed E-state index contributed by atoms with van der Waals surface area (Å²) >= 11 is 1.45. The number of thioether (sulfide) groups is 1. The number of Topliss-reactive ketones (excluding diaryl/α,β-unsaturated/α-hetero) is 1. The number of rotatable bonds is 7. The van der Waals surface area contributed by atoms with Crippen LogP contribution in [0.3, 0.4) is 0 Å². The largest absolute Gasteiger partial charge is 0.477 e. The van der Waals surface area contributed by atoms with Crippen LogP contribution in [0.15, 0.2) is 47.3 Å². The van der Waals surface area contributed by atoms with Crippen LogP contribution in [-0.4, -0.2) is 102 Å². The van der Waals surface area contributed by atoms with E-state index < -0.39 is 18.0 Å². The minimum absolute atomic E-state index is 0. The fourth-order valence-electron chi connectivity index (χ4n) is 7.82. The molecule has 7 atom stereocenters. The molecule has 3 N–H and O–H groups in total. The van der Waals surface area contributed by atoms with E-state index in [1.165, 1.54) is 22.4 Å². The van der Waals surface area contributed by atoms with Crippen LogP contribution < -0.4 is 5.32 Å². The van der Waals surface area contributed by atoms with Crippen LogP contribution in [-0.2, 0) is 34.4 Å². The molecule has 2 fully saturated rings. The maximum absolute atomic E-state index is 13.0. The third-order valence-corrected chi connectivity index (χ3v) is 11.9. The number of hydrogen-bond acceptors (Lipinski definition) is 8. The maximum Gasteiger partial charge on any atom is 0.353 e. The smallest absolute Gasteiger partial charge is 0.353 e. The summed E-state index contributed by atoms with van der Waals surface area (Å²) in [6, 6.07) is 7.64. The number of nitrogens with zero attached hydrogens (tertiary/aromatic N) is 5. The van der Waals surface area contributed by atoms with Gasteiger partial charge < -0.3 is 34.5 Å². The van der Waals surface area contributed by atoms with Gasteiger partial charge in [0.25, 0.3) is 0 Å². The minimum atomic E-state index is -1.12. The first-order valence-corrected chi connectivity index (χ1v) is 17.4. The number of β-lactam (4-membered cyclic amide) rings is 1. The first-order valence-electron chi connectivity index (χ1n) is 16.5. The topological polar surface area (TPSA) is 150 Å². The van der Waals surface area contributed by atoms with Gasteiger partial charge in [0.2, 0.25) is 11.8 Å². The molecule has 264 valence electrons. The highest BCUT2D eigenvalue weighted by atomic mass is 35.5. The fourth-order valence-corrected chi connectivity index (χ4v) is 9.30. The van der Waals surface area contributed by atoms with E-state index >= 15 is 0 Å². The number of carbonyl (C=O) groups excluding carboxylic acids is 3. The van der Waals surface area contributed by atoms with Crippen LogP contribution in [0.2, 0.25) is 0 Å². The maximum atomic E-state index is 13.0. The van der Waals surface area contributed by atoms with E-state index in [-0.39, 0.29) is 64.9 Å². The zero-order valence-electron chi connectivity index (χ0n) is 28.6. The number of carboxylic acid groups (broad SMARTS) is 1. The number of likely N-dealkylation sites (N-methyl/N-ethyl adjacent to an activating group) is 1. The average molecular weight is 713 g/mol. The third-order valence-electron chi connectivity index (χ3n) is 10.3. The van der Waals surface area contributed by atoms with E-state index in [9.17, 15) is 29.4 Å². The Bertz CT molecular complexity index is 1820. The first-order chi connectivity index (χ1) is 22.8. The number of hydrogen-bond donors (Lipinski definition) is 3. The van der Waals surface area contributed by atoms with Gasteiger partial charge in [-0.1, -0.05) is 25.1 Å². The summed E-state index contributed by atoms with van der Waals surface area (Å²) in [5.74, 6) is -0.836. The van der Waals surface area contributed by atoms with E-state index in [1.54, 1.807) is 32.1 Å². The molecule has 5 heterocycles. The minimum Gasteiger partial charge on any atom is -0.477 e. The molecule has 12 nitrogen and oxygen atoms in total. The molecule has 1 aliphatic carbocycles. The predicted octanol–water partition coefficient (Wildman–Crippen LogP) is 3.24. The summed E-state index contributed by atoms with van der Waals surface area (Å²) < 4.78 is 4.26. The summed E-state index contributed by atoms with van der Waals surface area (Å²) in [5.41, 5.74) is 3.31. The summed E-state index contributed by atoms with van der Waals surface area (Å²) in [6.45, 7) is 6.79. The van der Waals surface area contributed by atoms with Gasteiger partial charge in [0.1, 0.15) is 11.5 Å². The average Bonchev–Trinajstić information content (AvgIpc) is 3.80. The number of imidazole rings is 1. The second-order valence-electron chi connectivity index (χ2n) is 13.6. The van der Waals surface area contributed by atoms with E-state index in [2.05, 4.69) is 38.6 Å². The highest BCUT2D eigenvalue weighted by molar-refractivity contribution is 8.03. The number of aromatic nitrogens is 3. The Morgan fingerprint density at radius 2 is 1.92 bits per heavy atom. The molecular weight excluding hydrogens is 668 g/mol. The van der Waals surface area contributed by atoms with E-state index in [4.69, 9.17) is 0 Å². The van der Waals surface area contributed by atoms with E-state index in [1.807, 2.05) is 32.2 Å². The van der Waals surface area contributed by atoms with E-state index in [0.717, 1.165) is 41.7 Å². The Hall–Kier alpha value is -3.65. The van der Waals surface area contributed by atoms with Gasteiger partial charge in [0.05, 0.1) is 24.1 Å². The Morgan fingerprint density at radius 1 is 1.20 bits per heavy atom. The van der Waals surface area contributed by atoms with Crippen molar-refractivity contribution in [3.8, 4) is 0 Å². The molecule has 7 rings (SSSR count). The molecule has 3 aliphatic heterocycles. The number of aliphatic carboxylic acids is 1. The number of para-hydroxylation sites is 1. The molecule has 0 radical (unpaired) electrons. The Kier molecular flexibility index (Phi) is 10.7. The highest BCUT2D eigenvalue weighted by Gasteiger charge is 2.60. The van der Waals surface area contributed by atoms with Crippen molar-refractivity contribution < 1.29 is 29.4 Å². The number of ketones is 1. The van der Waals surface area contributed by atoms with Crippen LogP contribution in [0, 0.1) is 24.7 Å². The third kappa shape index (κ3) is 6.42. The second kappa shape index (κ2) is 14.3. The van der Waals surface area contributed by atoms with Gasteiger partial charge in [-0.2, -0.15) is 0 Å². The SMILES string of the molecule is C[C@@H](O)[C@H]1C(=O)N2C(C(=O)O)=C(S[C@@H]3CN[C@H](C(=O)N(C)C)C3)[C@H](C)[C@H]12.Cc1nccn1CC1CCc2c(c3ccccc3n2C)C1=O.Cl. The van der Waals surface area contributed by atoms with Gasteiger partial charge >= 0.3 is 5.97 Å². The zero-order chi connectivity index (χ0) is 34.6. The van der Waals surface area contributed by atoms with Gasteiger partial charge in [0.15, 0.2) is 5.78 Å². The zero-order valence-corrected chi connectivity index (χ0v) is 30.3. The lowest BCUT2D eigenvalue weighted by atomic mass is 9.79. The van der Waals surface area contributed by atoms with Crippen molar-refractivity contribution in [3.05, 3.63) is 64.3 Å². The number of aliphatic hydroxyl groups is 1. The quantitative estimate of drug-likeness (QED) is 0.314. The lowest BCUT2D eigenvalue weighted by Crippen LogP contribution is -2.63. The number of aliphatic hydroxyl groups excluding tert-OH is 1. The van der Waals surface area contributed by atoms with Gasteiger partial charge in [-0.15, -0.1) is 24.2 Å². The summed E-state index contributed by atoms with van der Waals surface area (Å²) in [6.07, 6.45) is 5.44. The molecule has 3 aromatic rings. The summed E-state index contributed by atoms with van der Waals surface area (Å²) in [4.78, 5) is 57.1. The van der Waals surface area contributed by atoms with Gasteiger partial charge in [0, 0.05) is 90.8 Å². The predicted molar refractivity (Wildman–Crippen MR) is 189 cm³/mol. The van der Waals surface area contributed by atoms with Gasteiger partial charge in [-0.25, -0.2) is 9.78 Å². The molecule has 2 amide bonds. The number of aryl methyl sites for hydroxylation is 2. The molecule has 1 unspecified atom stereocenters. The lowest BCUT2D eigenvalue weighted by molar-refractivity contribution is -0.163. The fraction of sp³-hybridized carbons (Fsp3) is 0.514. The second-order valence-corrected chi connectivity index (χ2v) is 14.9. The van der Waals surface area contributed by atoms with E-state index in [0.29, 0.717) is 17.9 Å². The molecule has 4 aliphatic rings. The van der Waals surface area contributed by atoms with Crippen LogP contribution in [0.25, 0.3) is 10.9 Å². The molecule has 49 heavy (non-hydrogen) atoms. The molecule has 14 heteroatoms. The van der Waals surface area contributed by atoms with Crippen molar-refractivity contribution in [2.45, 2.75) is 70.0 Å². The van der Waals surface area contributed by atoms with Crippen molar-refractivity contribution in [1.82, 2.24) is 29.2 Å². The van der Waals surface area contributed by atoms with Crippen molar-refractivity contribution in [2.24, 2.45) is 24.8 Å². The molecule has 2 aromatic heterocycles. The number of fused-ring (bicyclic) bond motifs is 4. The van der Waals surface area contributed by atoms with Gasteiger partial charge in [-0.05, 0) is 39.2 Å². The highest BCUT2D eigenvalue weighted by Crippen LogP contribution is 2.51. The number of nitrogens with one attached hydrogen (secondary N) is 1. The van der Waals surface area contributed by atoms with Crippen LogP contribution >= 0.6 is 24.2 Å². The molecule has 0 bridgehead atoms. The van der Waals surface area contributed by atoms with Gasteiger partial charge in [-0.3, -0.25) is 14.4 Å². The number of amides is 2. The van der Waals surface area contributed by atoms with Crippen LogP contribution in [0.4, 0.5) is 0 Å². The standard InChI is InChI=1S/C18H19N3O.C17H25N3O5S.ClH/c1-12-19-9-10-21(12)11-13-7-8-16-17(18(13)22)14-5-3-4-6-15(14)20(16)2;1-7-12-11(8(2)21)16(23)20(12)13(17(24)25)14(7)26-9-5-10(18-6-9)15(22)19(3)4;/h3-6,9-10,13H,7-8,11H2,1-2H3;7-12,18,21H,5-6H2,1-4H3,(H,24,25);1H/t;7-,8-,9+,10+,11-,12-;/m.1./s1. The number of carbonyl (C=O) groups is 4. The van der Waals surface area contributed by atoms with Crippen molar-refractivity contribution in [3.63, 3.8) is 0 Å². The Morgan fingerprint density at radius 3 is 2.55 bits per heavy atom. The first kappa shape index (κ1) is 36.6.